The van der Waals surface area contributed by atoms with Gasteiger partial charge in [0, 0.05) is 36.7 Å². The molecular weight excluding hydrogens is 456 g/mol. The molecular formula is C24H24N4O5S. The summed E-state index contributed by atoms with van der Waals surface area (Å²) in [4.78, 5) is 43.3. The molecule has 0 bridgehead atoms. The molecule has 3 aromatic rings. The first-order chi connectivity index (χ1) is 16.5. The van der Waals surface area contributed by atoms with E-state index in [2.05, 4.69) is 15.6 Å². The number of carbonyl (C=O) groups excluding carboxylic acids is 3. The summed E-state index contributed by atoms with van der Waals surface area (Å²) < 4.78 is 10.7. The highest BCUT2D eigenvalue weighted by molar-refractivity contribution is 7.13. The molecule has 176 valence electrons. The van der Waals surface area contributed by atoms with E-state index in [0.717, 1.165) is 11.1 Å². The third-order valence-electron chi connectivity index (χ3n) is 5.09. The standard InChI is InChI=1S/C24H24N4O5S/c1-16-3-2-4-18(11-16)28(23(31)8-7-21(29)27-24-25-9-10-34-24)14-22(30)26-13-17-5-6-19-20(12-17)33-15-32-19/h2-6,9-12H,7-8,13-15H2,1H3,(H,26,30)(H,25,27,29). The molecule has 0 unspecified atom stereocenters. The van der Waals surface area contributed by atoms with E-state index in [-0.39, 0.29) is 50.4 Å². The Hall–Kier alpha value is -3.92. The zero-order valence-corrected chi connectivity index (χ0v) is 19.4. The van der Waals surface area contributed by atoms with Crippen LogP contribution >= 0.6 is 11.3 Å². The molecule has 1 aromatic heterocycles. The lowest BCUT2D eigenvalue weighted by molar-refractivity contribution is -0.125. The van der Waals surface area contributed by atoms with Gasteiger partial charge in [0.25, 0.3) is 0 Å². The third-order valence-corrected chi connectivity index (χ3v) is 5.78. The van der Waals surface area contributed by atoms with E-state index >= 15 is 0 Å². The Bertz CT molecular complexity index is 1180. The van der Waals surface area contributed by atoms with Crippen LogP contribution in [0.4, 0.5) is 10.8 Å². The first-order valence-electron chi connectivity index (χ1n) is 10.7. The maximum Gasteiger partial charge on any atom is 0.240 e. The van der Waals surface area contributed by atoms with E-state index in [1.807, 2.05) is 37.3 Å². The number of hydrogen-bond donors (Lipinski definition) is 2. The van der Waals surface area contributed by atoms with E-state index in [4.69, 9.17) is 9.47 Å². The minimum atomic E-state index is -0.321. The molecule has 0 aliphatic carbocycles. The van der Waals surface area contributed by atoms with Crippen molar-refractivity contribution in [3.63, 3.8) is 0 Å². The molecule has 1 aliphatic heterocycles. The number of benzene rings is 2. The lowest BCUT2D eigenvalue weighted by Gasteiger charge is -2.23. The Morgan fingerprint density at radius 2 is 1.91 bits per heavy atom. The minimum absolute atomic E-state index is 0.0143. The highest BCUT2D eigenvalue weighted by Crippen LogP contribution is 2.32. The number of rotatable bonds is 9. The summed E-state index contributed by atoms with van der Waals surface area (Å²) in [5.74, 6) is 0.363. The number of amides is 3. The summed E-state index contributed by atoms with van der Waals surface area (Å²) in [6.45, 7) is 2.20. The van der Waals surface area contributed by atoms with E-state index in [0.29, 0.717) is 22.3 Å². The summed E-state index contributed by atoms with van der Waals surface area (Å²) in [6, 6.07) is 12.8. The molecule has 0 spiro atoms. The van der Waals surface area contributed by atoms with Crippen molar-refractivity contribution < 1.29 is 23.9 Å². The van der Waals surface area contributed by atoms with E-state index in [1.54, 1.807) is 23.7 Å². The van der Waals surface area contributed by atoms with Crippen LogP contribution in [0.15, 0.2) is 54.0 Å². The number of ether oxygens (including phenoxy) is 2. The average Bonchev–Trinajstić information content (AvgIpc) is 3.51. The Morgan fingerprint density at radius 3 is 2.71 bits per heavy atom. The molecule has 3 amide bonds. The second-order valence-corrected chi connectivity index (χ2v) is 8.56. The van der Waals surface area contributed by atoms with Crippen molar-refractivity contribution in [3.05, 3.63) is 65.2 Å². The molecule has 9 nitrogen and oxygen atoms in total. The number of nitrogens with one attached hydrogen (secondary N) is 2. The van der Waals surface area contributed by atoms with Crippen molar-refractivity contribution in [3.8, 4) is 11.5 Å². The lowest BCUT2D eigenvalue weighted by atomic mass is 10.1. The number of nitrogens with zero attached hydrogens (tertiary/aromatic N) is 2. The van der Waals surface area contributed by atoms with Crippen LogP contribution in [0.2, 0.25) is 0 Å². The van der Waals surface area contributed by atoms with Gasteiger partial charge in [-0.05, 0) is 42.3 Å². The molecule has 34 heavy (non-hydrogen) atoms. The topological polar surface area (TPSA) is 110 Å². The first kappa shape index (κ1) is 23.2. The maximum absolute atomic E-state index is 13.0. The second-order valence-electron chi connectivity index (χ2n) is 7.67. The van der Waals surface area contributed by atoms with Gasteiger partial charge in [-0.3, -0.25) is 14.4 Å². The van der Waals surface area contributed by atoms with Crippen LogP contribution in [0.3, 0.4) is 0 Å². The predicted octanol–water partition coefficient (Wildman–Crippen LogP) is 3.25. The fraction of sp³-hybridized carbons (Fsp3) is 0.250. The number of fused-ring (bicyclic) bond motifs is 1. The summed E-state index contributed by atoms with van der Waals surface area (Å²) in [5, 5.41) is 7.74. The van der Waals surface area contributed by atoms with Gasteiger partial charge in [-0.1, -0.05) is 18.2 Å². The van der Waals surface area contributed by atoms with Crippen LogP contribution in [0.5, 0.6) is 11.5 Å². The number of aryl methyl sites for hydroxylation is 1. The van der Waals surface area contributed by atoms with Gasteiger partial charge in [-0.2, -0.15) is 0 Å². The Balaban J connectivity index is 1.37. The molecule has 0 fully saturated rings. The molecule has 10 heteroatoms. The Kier molecular flexibility index (Phi) is 7.38. The van der Waals surface area contributed by atoms with E-state index in [1.165, 1.54) is 16.2 Å². The van der Waals surface area contributed by atoms with Crippen LogP contribution in [0, 0.1) is 6.92 Å². The van der Waals surface area contributed by atoms with Crippen LogP contribution < -0.4 is 25.0 Å². The summed E-state index contributed by atoms with van der Waals surface area (Å²) in [6.07, 6.45) is 1.53. The average molecular weight is 481 g/mol. The Labute approximate surface area is 200 Å². The van der Waals surface area contributed by atoms with Gasteiger partial charge in [0.1, 0.15) is 6.54 Å². The van der Waals surface area contributed by atoms with E-state index < -0.39 is 0 Å². The first-order valence-corrected chi connectivity index (χ1v) is 11.6. The van der Waals surface area contributed by atoms with Gasteiger partial charge in [0.05, 0.1) is 0 Å². The van der Waals surface area contributed by atoms with Crippen molar-refractivity contribution in [1.82, 2.24) is 10.3 Å². The monoisotopic (exact) mass is 480 g/mol. The van der Waals surface area contributed by atoms with Gasteiger partial charge in [-0.15, -0.1) is 11.3 Å². The second kappa shape index (κ2) is 10.8. The van der Waals surface area contributed by atoms with Crippen LogP contribution in [-0.4, -0.2) is 36.0 Å². The molecule has 0 saturated heterocycles. The quantitative estimate of drug-likeness (QED) is 0.487. The van der Waals surface area contributed by atoms with Crippen LogP contribution in [0.1, 0.15) is 24.0 Å². The SMILES string of the molecule is Cc1cccc(N(CC(=O)NCc2ccc3c(c2)OCO3)C(=O)CCC(=O)Nc2nccs2)c1. The van der Waals surface area contributed by atoms with Crippen molar-refractivity contribution in [2.75, 3.05) is 23.6 Å². The molecule has 2 aromatic carbocycles. The third kappa shape index (κ3) is 6.10. The normalized spacial score (nSPS) is 11.7. The number of thiazole rings is 1. The Morgan fingerprint density at radius 1 is 1.06 bits per heavy atom. The highest BCUT2D eigenvalue weighted by Gasteiger charge is 2.21. The number of aromatic nitrogens is 1. The molecule has 2 heterocycles. The molecule has 2 N–H and O–H groups in total. The van der Waals surface area contributed by atoms with Gasteiger partial charge >= 0.3 is 0 Å². The highest BCUT2D eigenvalue weighted by atomic mass is 32.1. The number of anilines is 2. The van der Waals surface area contributed by atoms with Gasteiger partial charge in [0.15, 0.2) is 16.6 Å². The maximum atomic E-state index is 13.0. The molecule has 0 saturated carbocycles. The van der Waals surface area contributed by atoms with Crippen molar-refractivity contribution in [1.29, 1.82) is 0 Å². The van der Waals surface area contributed by atoms with Crippen LogP contribution in [-0.2, 0) is 20.9 Å². The minimum Gasteiger partial charge on any atom is -0.454 e. The zero-order valence-electron chi connectivity index (χ0n) is 18.6. The summed E-state index contributed by atoms with van der Waals surface area (Å²) >= 11 is 1.30. The summed E-state index contributed by atoms with van der Waals surface area (Å²) in [5.41, 5.74) is 2.41. The largest absolute Gasteiger partial charge is 0.454 e. The molecule has 0 radical (unpaired) electrons. The number of hydrogen-bond acceptors (Lipinski definition) is 7. The van der Waals surface area contributed by atoms with Gasteiger partial charge in [0.2, 0.25) is 24.5 Å². The predicted molar refractivity (Wildman–Crippen MR) is 128 cm³/mol. The summed E-state index contributed by atoms with van der Waals surface area (Å²) in [7, 11) is 0. The van der Waals surface area contributed by atoms with Crippen LogP contribution in [0.25, 0.3) is 0 Å². The van der Waals surface area contributed by atoms with Crippen molar-refractivity contribution >= 4 is 39.9 Å². The lowest BCUT2D eigenvalue weighted by Crippen LogP contribution is -2.41. The van der Waals surface area contributed by atoms with Crippen molar-refractivity contribution in [2.24, 2.45) is 0 Å². The smallest absolute Gasteiger partial charge is 0.240 e. The van der Waals surface area contributed by atoms with E-state index in [9.17, 15) is 14.4 Å². The van der Waals surface area contributed by atoms with Crippen molar-refractivity contribution in [2.45, 2.75) is 26.3 Å². The molecule has 0 atom stereocenters. The molecule has 4 rings (SSSR count). The number of carbonyl (C=O) groups is 3. The zero-order chi connectivity index (χ0) is 23.9. The fourth-order valence-electron chi connectivity index (χ4n) is 3.39. The fourth-order valence-corrected chi connectivity index (χ4v) is 3.94. The van der Waals surface area contributed by atoms with Gasteiger partial charge < -0.3 is 25.0 Å². The molecule has 1 aliphatic rings. The van der Waals surface area contributed by atoms with Gasteiger partial charge in [-0.25, -0.2) is 4.98 Å².